The zero-order valence-electron chi connectivity index (χ0n) is 16.7. The molecule has 0 bridgehead atoms. The van der Waals surface area contributed by atoms with E-state index in [1.165, 1.54) is 11.3 Å². The summed E-state index contributed by atoms with van der Waals surface area (Å²) in [6.45, 7) is 6.31. The van der Waals surface area contributed by atoms with Gasteiger partial charge in [-0.25, -0.2) is 0 Å². The number of carbonyl (C=O) groups is 2. The molecule has 3 aromatic rings. The molecule has 1 amide bonds. The number of fused-ring (bicyclic) bond motifs is 1. The normalized spacial score (nSPS) is 18.2. The number of carbonyl (C=O) groups excluding carboxylic acids is 2. The monoisotopic (exact) mass is 405 g/mol. The van der Waals surface area contributed by atoms with E-state index in [9.17, 15) is 14.7 Å². The van der Waals surface area contributed by atoms with E-state index in [4.69, 9.17) is 0 Å². The van der Waals surface area contributed by atoms with Gasteiger partial charge in [-0.15, -0.1) is 11.3 Å². The number of hydrogen-bond acceptors (Lipinski definition) is 4. The minimum Gasteiger partial charge on any atom is -0.375 e. The van der Waals surface area contributed by atoms with Gasteiger partial charge in [0.15, 0.2) is 11.4 Å². The molecule has 0 aliphatic carbocycles. The van der Waals surface area contributed by atoms with Gasteiger partial charge in [0.25, 0.3) is 5.91 Å². The molecule has 148 valence electrons. The van der Waals surface area contributed by atoms with Crippen LogP contribution in [0.2, 0.25) is 0 Å². The summed E-state index contributed by atoms with van der Waals surface area (Å²) in [4.78, 5) is 29.4. The smallest absolute Gasteiger partial charge is 0.264 e. The Labute approximate surface area is 174 Å². The van der Waals surface area contributed by atoms with Crippen LogP contribution in [-0.2, 0) is 16.9 Å². The number of ketones is 1. The van der Waals surface area contributed by atoms with E-state index in [2.05, 4.69) is 6.07 Å². The first-order chi connectivity index (χ1) is 13.8. The van der Waals surface area contributed by atoms with E-state index in [1.807, 2.05) is 51.1 Å². The van der Waals surface area contributed by atoms with E-state index in [-0.39, 0.29) is 12.2 Å². The van der Waals surface area contributed by atoms with Crippen molar-refractivity contribution in [1.82, 2.24) is 0 Å². The first-order valence-electron chi connectivity index (χ1n) is 9.59. The number of Topliss-reactive ketones (excluding diaryl/α,β-unsaturated/α-hetero) is 1. The highest BCUT2D eigenvalue weighted by Crippen LogP contribution is 2.44. The van der Waals surface area contributed by atoms with Gasteiger partial charge in [0.05, 0.1) is 23.5 Å². The molecular weight excluding hydrogens is 382 g/mol. The minimum atomic E-state index is -1.84. The Kier molecular flexibility index (Phi) is 4.89. The molecule has 2 aromatic carbocycles. The van der Waals surface area contributed by atoms with Crippen LogP contribution in [-0.4, -0.2) is 16.8 Å². The fourth-order valence-corrected chi connectivity index (χ4v) is 4.68. The number of benzene rings is 2. The van der Waals surface area contributed by atoms with Crippen molar-refractivity contribution in [3.8, 4) is 0 Å². The molecule has 1 aliphatic heterocycles. The van der Waals surface area contributed by atoms with Gasteiger partial charge in [0, 0.05) is 10.4 Å². The zero-order valence-corrected chi connectivity index (χ0v) is 17.5. The van der Waals surface area contributed by atoms with Gasteiger partial charge in [0.1, 0.15) is 0 Å². The minimum absolute atomic E-state index is 0.220. The van der Waals surface area contributed by atoms with Crippen molar-refractivity contribution < 1.29 is 14.7 Å². The topological polar surface area (TPSA) is 57.6 Å². The van der Waals surface area contributed by atoms with Crippen molar-refractivity contribution in [1.29, 1.82) is 0 Å². The van der Waals surface area contributed by atoms with Gasteiger partial charge in [-0.2, -0.15) is 0 Å². The van der Waals surface area contributed by atoms with Crippen LogP contribution in [0, 0.1) is 20.8 Å². The van der Waals surface area contributed by atoms with Crippen molar-refractivity contribution >= 4 is 28.7 Å². The third-order valence-corrected chi connectivity index (χ3v) is 6.55. The lowest BCUT2D eigenvalue weighted by molar-refractivity contribution is -0.136. The maximum Gasteiger partial charge on any atom is 0.264 e. The summed E-state index contributed by atoms with van der Waals surface area (Å²) < 4.78 is 0. The van der Waals surface area contributed by atoms with Crippen LogP contribution in [0.5, 0.6) is 0 Å². The van der Waals surface area contributed by atoms with Crippen molar-refractivity contribution in [3.63, 3.8) is 0 Å². The Morgan fingerprint density at radius 2 is 1.83 bits per heavy atom. The van der Waals surface area contributed by atoms with E-state index in [0.29, 0.717) is 22.7 Å². The summed E-state index contributed by atoms with van der Waals surface area (Å²) >= 11 is 1.38. The summed E-state index contributed by atoms with van der Waals surface area (Å²) in [5.74, 6) is -0.663. The van der Waals surface area contributed by atoms with Gasteiger partial charge in [-0.1, -0.05) is 42.0 Å². The average Bonchev–Trinajstić information content (AvgIpc) is 3.21. The summed E-state index contributed by atoms with van der Waals surface area (Å²) in [6.07, 6.45) is -0.258. The molecule has 0 radical (unpaired) electrons. The fourth-order valence-electron chi connectivity index (χ4n) is 3.88. The number of rotatable bonds is 5. The summed E-state index contributed by atoms with van der Waals surface area (Å²) in [6, 6.07) is 17.0. The molecule has 2 heterocycles. The molecular formula is C24H23NO3S. The molecule has 0 saturated carbocycles. The second-order valence-corrected chi connectivity index (χ2v) is 9.00. The van der Waals surface area contributed by atoms with E-state index in [0.717, 1.165) is 21.6 Å². The number of thiophene rings is 1. The van der Waals surface area contributed by atoms with Crippen LogP contribution in [0.25, 0.3) is 0 Å². The Balaban J connectivity index is 1.70. The summed E-state index contributed by atoms with van der Waals surface area (Å²) in [7, 11) is 0. The number of amides is 1. The molecule has 1 aliphatic rings. The van der Waals surface area contributed by atoms with Crippen molar-refractivity contribution in [2.75, 3.05) is 4.90 Å². The molecule has 1 aromatic heterocycles. The van der Waals surface area contributed by atoms with Gasteiger partial charge >= 0.3 is 0 Å². The molecule has 4 nitrogen and oxygen atoms in total. The van der Waals surface area contributed by atoms with Crippen LogP contribution < -0.4 is 4.90 Å². The average molecular weight is 406 g/mol. The summed E-state index contributed by atoms with van der Waals surface area (Å²) in [5.41, 5.74) is 2.54. The number of hydrogen-bond donors (Lipinski definition) is 1. The third-order valence-electron chi connectivity index (χ3n) is 5.50. The maximum absolute atomic E-state index is 13.4. The fraction of sp³-hybridized carbons (Fsp3) is 0.250. The first-order valence-corrected chi connectivity index (χ1v) is 10.4. The van der Waals surface area contributed by atoms with Crippen molar-refractivity contribution in [2.24, 2.45) is 0 Å². The molecule has 5 heteroatoms. The maximum atomic E-state index is 13.4. The third kappa shape index (κ3) is 3.41. The Hall–Kier alpha value is -2.76. The molecule has 1 unspecified atom stereocenters. The van der Waals surface area contributed by atoms with E-state index < -0.39 is 11.5 Å². The number of anilines is 1. The number of para-hydroxylation sites is 1. The second-order valence-electron chi connectivity index (χ2n) is 7.71. The molecule has 0 spiro atoms. The van der Waals surface area contributed by atoms with Crippen molar-refractivity contribution in [3.05, 3.63) is 86.6 Å². The highest BCUT2D eigenvalue weighted by Gasteiger charge is 2.50. The van der Waals surface area contributed by atoms with Crippen LogP contribution in [0.15, 0.2) is 54.6 Å². The predicted octanol–water partition coefficient (Wildman–Crippen LogP) is 4.68. The van der Waals surface area contributed by atoms with Gasteiger partial charge in [-0.3, -0.25) is 9.59 Å². The van der Waals surface area contributed by atoms with Crippen LogP contribution >= 0.6 is 11.3 Å². The molecule has 29 heavy (non-hydrogen) atoms. The SMILES string of the molecule is Cc1ccc(C)c(CN2C(=O)C(O)(CC(=O)c3ccc(C)s3)c3ccccc32)c1. The second kappa shape index (κ2) is 7.25. The summed E-state index contributed by atoms with van der Waals surface area (Å²) in [5, 5.41) is 11.4. The molecule has 1 N–H and O–H groups in total. The first kappa shape index (κ1) is 19.6. The number of aryl methyl sites for hydroxylation is 3. The molecule has 0 fully saturated rings. The Morgan fingerprint density at radius 3 is 2.55 bits per heavy atom. The standard InChI is InChI=1S/C24H23NO3S/c1-15-8-9-16(2)18(12-15)14-25-20-7-5-4-6-19(20)24(28,23(25)27)13-21(26)22-11-10-17(3)29-22/h4-12,28H,13-14H2,1-3H3. The van der Waals surface area contributed by atoms with Crippen LogP contribution in [0.4, 0.5) is 5.69 Å². The highest BCUT2D eigenvalue weighted by molar-refractivity contribution is 7.14. The number of aliphatic hydroxyl groups is 1. The lowest BCUT2D eigenvalue weighted by Crippen LogP contribution is -2.41. The van der Waals surface area contributed by atoms with Crippen LogP contribution in [0.1, 0.15) is 43.2 Å². The lowest BCUT2D eigenvalue weighted by atomic mass is 9.89. The van der Waals surface area contributed by atoms with Crippen molar-refractivity contribution in [2.45, 2.75) is 39.3 Å². The quantitative estimate of drug-likeness (QED) is 0.627. The zero-order chi connectivity index (χ0) is 20.8. The molecule has 4 rings (SSSR count). The molecule has 0 saturated heterocycles. The largest absolute Gasteiger partial charge is 0.375 e. The lowest BCUT2D eigenvalue weighted by Gasteiger charge is -2.23. The Bertz CT molecular complexity index is 1120. The Morgan fingerprint density at radius 1 is 1.07 bits per heavy atom. The van der Waals surface area contributed by atoms with Gasteiger partial charge in [0.2, 0.25) is 0 Å². The molecule has 1 atom stereocenters. The predicted molar refractivity (Wildman–Crippen MR) is 115 cm³/mol. The van der Waals surface area contributed by atoms with Crippen LogP contribution in [0.3, 0.4) is 0 Å². The van der Waals surface area contributed by atoms with Gasteiger partial charge < -0.3 is 10.0 Å². The number of nitrogens with zero attached hydrogens (tertiary/aromatic N) is 1. The highest BCUT2D eigenvalue weighted by atomic mass is 32.1. The van der Waals surface area contributed by atoms with E-state index >= 15 is 0 Å². The van der Waals surface area contributed by atoms with Gasteiger partial charge in [-0.05, 0) is 50.1 Å². The van der Waals surface area contributed by atoms with E-state index in [1.54, 1.807) is 23.1 Å².